The second-order valence-electron chi connectivity index (χ2n) is 8.65. The number of fused-ring (bicyclic) bond motifs is 5. The van der Waals surface area contributed by atoms with Crippen LogP contribution in [0.5, 0.6) is 0 Å². The van der Waals surface area contributed by atoms with Crippen molar-refractivity contribution >= 4 is 11.6 Å². The Labute approximate surface area is 143 Å². The predicted octanol–water partition coefficient (Wildman–Crippen LogP) is 3.06. The Hall–Kier alpha value is -1.40. The lowest BCUT2D eigenvalue weighted by atomic mass is 9.45. The maximum absolute atomic E-state index is 12.5. The van der Waals surface area contributed by atoms with Crippen molar-refractivity contribution in [1.82, 2.24) is 0 Å². The van der Waals surface area contributed by atoms with E-state index in [1.807, 2.05) is 0 Å². The molecule has 128 valence electrons. The molecule has 1 N–H and O–H groups in total. The molecule has 0 aromatic carbocycles. The van der Waals surface area contributed by atoms with E-state index in [1.54, 1.807) is 6.08 Å². The van der Waals surface area contributed by atoms with Gasteiger partial charge in [0.1, 0.15) is 5.78 Å². The highest BCUT2D eigenvalue weighted by Crippen LogP contribution is 2.65. The molecule has 3 fully saturated rings. The van der Waals surface area contributed by atoms with Gasteiger partial charge in [0.05, 0.1) is 6.10 Å². The smallest absolute Gasteiger partial charge is 0.155 e. The first-order chi connectivity index (χ1) is 11.4. The minimum Gasteiger partial charge on any atom is -0.389 e. The first-order valence-corrected chi connectivity index (χ1v) is 9.32. The molecule has 6 atom stereocenters. The van der Waals surface area contributed by atoms with Gasteiger partial charge < -0.3 is 5.11 Å². The lowest BCUT2D eigenvalue weighted by molar-refractivity contribution is -0.135. The number of carbonyl (C=O) groups is 2. The minimum absolute atomic E-state index is 0.117. The van der Waals surface area contributed by atoms with Gasteiger partial charge >= 0.3 is 0 Å². The summed E-state index contributed by atoms with van der Waals surface area (Å²) in [5.74, 6) is 4.49. The average molecular weight is 326 g/mol. The maximum Gasteiger partial charge on any atom is 0.155 e. The van der Waals surface area contributed by atoms with Crippen LogP contribution in [-0.4, -0.2) is 22.8 Å². The number of hydrogen-bond acceptors (Lipinski definition) is 3. The van der Waals surface area contributed by atoms with Gasteiger partial charge in [-0.1, -0.05) is 6.92 Å². The second-order valence-corrected chi connectivity index (χ2v) is 8.65. The Balaban J connectivity index is 1.79. The zero-order valence-corrected chi connectivity index (χ0v) is 14.4. The molecule has 1 unspecified atom stereocenters. The summed E-state index contributed by atoms with van der Waals surface area (Å²) in [7, 11) is 0. The highest BCUT2D eigenvalue weighted by Gasteiger charge is 2.61. The molecule has 0 saturated heterocycles. The molecule has 24 heavy (non-hydrogen) atoms. The number of rotatable bonds is 1. The third kappa shape index (κ3) is 1.96. The third-order valence-electron chi connectivity index (χ3n) is 7.84. The maximum atomic E-state index is 12.5. The third-order valence-corrected chi connectivity index (χ3v) is 7.84. The summed E-state index contributed by atoms with van der Waals surface area (Å²) in [5.41, 5.74) is 0.466. The van der Waals surface area contributed by atoms with Gasteiger partial charge in [0.15, 0.2) is 5.78 Å². The molecule has 0 spiro atoms. The predicted molar refractivity (Wildman–Crippen MR) is 90.9 cm³/mol. The van der Waals surface area contributed by atoms with E-state index in [9.17, 15) is 14.7 Å². The first-order valence-electron chi connectivity index (χ1n) is 9.32. The molecule has 0 radical (unpaired) electrons. The molecule has 3 saturated carbocycles. The van der Waals surface area contributed by atoms with Crippen LogP contribution in [0.4, 0.5) is 0 Å². The quantitative estimate of drug-likeness (QED) is 0.754. The molecule has 0 heterocycles. The molecule has 4 aliphatic carbocycles. The van der Waals surface area contributed by atoms with E-state index in [-0.39, 0.29) is 16.6 Å². The average Bonchev–Trinajstić information content (AvgIpc) is 2.85. The number of terminal acetylenes is 1. The molecule has 3 heteroatoms. The van der Waals surface area contributed by atoms with E-state index in [2.05, 4.69) is 12.8 Å². The normalized spacial score (nSPS) is 47.3. The van der Waals surface area contributed by atoms with Crippen molar-refractivity contribution in [2.45, 2.75) is 64.4 Å². The largest absolute Gasteiger partial charge is 0.389 e. The van der Waals surface area contributed by atoms with E-state index < -0.39 is 6.10 Å². The summed E-state index contributed by atoms with van der Waals surface area (Å²) < 4.78 is 0. The molecule has 0 bridgehead atoms. The molecular formula is C21H26O3. The lowest BCUT2D eigenvalue weighted by Gasteiger charge is -2.58. The summed E-state index contributed by atoms with van der Waals surface area (Å²) in [6, 6.07) is 0. The van der Waals surface area contributed by atoms with Gasteiger partial charge in [0.2, 0.25) is 0 Å². The SMILES string of the molecule is C#CCC12CCC(=O)C=C1[C@H](O)C[C@@H]1[C@@H]2CC[C@]2(C)C(=O)CC[C@@H]12. The number of Topliss-reactive ketones (excluding diaryl/α,β-unsaturated/α-hetero) is 1. The van der Waals surface area contributed by atoms with Crippen molar-refractivity contribution in [3.05, 3.63) is 11.6 Å². The Morgan fingerprint density at radius 2 is 2.04 bits per heavy atom. The van der Waals surface area contributed by atoms with Crippen LogP contribution < -0.4 is 0 Å². The molecule has 0 aliphatic heterocycles. The van der Waals surface area contributed by atoms with Gasteiger partial charge in [-0.15, -0.1) is 12.3 Å². The number of carbonyl (C=O) groups excluding carboxylic acids is 2. The zero-order chi connectivity index (χ0) is 17.1. The first kappa shape index (κ1) is 16.1. The molecular weight excluding hydrogens is 300 g/mol. The van der Waals surface area contributed by atoms with Gasteiger partial charge in [-0.25, -0.2) is 0 Å². The van der Waals surface area contributed by atoms with Crippen LogP contribution in [0.25, 0.3) is 0 Å². The van der Waals surface area contributed by atoms with Crippen molar-refractivity contribution in [2.24, 2.45) is 28.6 Å². The van der Waals surface area contributed by atoms with E-state index in [1.165, 1.54) is 0 Å². The van der Waals surface area contributed by atoms with Gasteiger partial charge in [0, 0.05) is 30.1 Å². The van der Waals surface area contributed by atoms with Gasteiger partial charge in [0.25, 0.3) is 0 Å². The highest BCUT2D eigenvalue weighted by atomic mass is 16.3. The van der Waals surface area contributed by atoms with Gasteiger partial charge in [-0.3, -0.25) is 9.59 Å². The highest BCUT2D eigenvalue weighted by molar-refractivity contribution is 5.92. The summed E-state index contributed by atoms with van der Waals surface area (Å²) in [6.45, 7) is 2.14. The van der Waals surface area contributed by atoms with Crippen molar-refractivity contribution in [1.29, 1.82) is 0 Å². The number of ketones is 2. The molecule has 0 amide bonds. The van der Waals surface area contributed by atoms with Crippen LogP contribution in [-0.2, 0) is 9.59 Å². The lowest BCUT2D eigenvalue weighted by Crippen LogP contribution is -2.55. The summed E-state index contributed by atoms with van der Waals surface area (Å²) in [4.78, 5) is 24.4. The Bertz CT molecular complexity index is 669. The summed E-state index contributed by atoms with van der Waals surface area (Å²) >= 11 is 0. The molecule has 4 aliphatic rings. The van der Waals surface area contributed by atoms with Crippen molar-refractivity contribution in [3.63, 3.8) is 0 Å². The topological polar surface area (TPSA) is 54.4 Å². The summed E-state index contributed by atoms with van der Waals surface area (Å²) in [6.07, 6.45) is 13.0. The Kier molecular flexibility index (Phi) is 3.55. The molecule has 4 rings (SSSR count). The van der Waals surface area contributed by atoms with Crippen LogP contribution in [0, 0.1) is 40.9 Å². The van der Waals surface area contributed by atoms with Crippen molar-refractivity contribution in [3.8, 4) is 12.3 Å². The fourth-order valence-electron chi connectivity index (χ4n) is 6.67. The van der Waals surface area contributed by atoms with E-state index in [0.29, 0.717) is 49.2 Å². The number of aliphatic hydroxyl groups is 1. The fraction of sp³-hybridized carbons (Fsp3) is 0.714. The minimum atomic E-state index is -0.582. The van der Waals surface area contributed by atoms with Crippen LogP contribution in [0.3, 0.4) is 0 Å². The van der Waals surface area contributed by atoms with Gasteiger partial charge in [-0.05, 0) is 61.5 Å². The Morgan fingerprint density at radius 1 is 1.25 bits per heavy atom. The van der Waals surface area contributed by atoms with Crippen molar-refractivity contribution < 1.29 is 14.7 Å². The second kappa shape index (κ2) is 5.30. The molecule has 3 nitrogen and oxygen atoms in total. The Morgan fingerprint density at radius 3 is 2.79 bits per heavy atom. The van der Waals surface area contributed by atoms with Crippen molar-refractivity contribution in [2.75, 3.05) is 0 Å². The monoisotopic (exact) mass is 326 g/mol. The van der Waals surface area contributed by atoms with Crippen LogP contribution in [0.2, 0.25) is 0 Å². The van der Waals surface area contributed by atoms with E-state index >= 15 is 0 Å². The van der Waals surface area contributed by atoms with Crippen LogP contribution in [0.15, 0.2) is 11.6 Å². The van der Waals surface area contributed by atoms with Gasteiger partial charge in [-0.2, -0.15) is 0 Å². The van der Waals surface area contributed by atoms with Crippen LogP contribution >= 0.6 is 0 Å². The standard InChI is InChI=1S/C21H26O3/c1-3-8-21-10-6-13(22)11-17(21)18(23)12-14-15-4-5-19(24)20(15,2)9-7-16(14)21/h1,11,14-16,18,23H,4-10,12H2,2H3/t14-,15-,16-,18+,20-,21?/m0/s1. The zero-order valence-electron chi connectivity index (χ0n) is 14.4. The van der Waals surface area contributed by atoms with E-state index in [0.717, 1.165) is 31.3 Å². The number of aliphatic hydroxyl groups excluding tert-OH is 1. The van der Waals surface area contributed by atoms with Crippen LogP contribution in [0.1, 0.15) is 58.3 Å². The fourth-order valence-corrected chi connectivity index (χ4v) is 6.67. The molecule has 0 aromatic rings. The summed E-state index contributed by atoms with van der Waals surface area (Å²) in [5, 5.41) is 10.8. The number of hydrogen-bond donors (Lipinski definition) is 1. The molecule has 0 aromatic heterocycles. The van der Waals surface area contributed by atoms with E-state index in [4.69, 9.17) is 6.42 Å².